The van der Waals surface area contributed by atoms with Gasteiger partial charge in [0.15, 0.2) is 0 Å². The van der Waals surface area contributed by atoms with Crippen LogP contribution in [0.25, 0.3) is 10.9 Å². The summed E-state index contributed by atoms with van der Waals surface area (Å²) in [4.78, 5) is 14.5. The SMILES string of the molecule is CCCCN[C@H](N)Cc1c[nH]c2c(F)cc(C(=O)OC)cc12. The first-order chi connectivity index (χ1) is 10.6. The maximum absolute atomic E-state index is 14.1. The third-order valence-corrected chi connectivity index (χ3v) is 3.62. The number of hydrogen-bond donors (Lipinski definition) is 3. The molecule has 0 spiro atoms. The van der Waals surface area contributed by atoms with Gasteiger partial charge in [0.05, 0.1) is 24.4 Å². The highest BCUT2D eigenvalue weighted by molar-refractivity contribution is 5.96. The number of aromatic nitrogens is 1. The smallest absolute Gasteiger partial charge is 0.337 e. The van der Waals surface area contributed by atoms with Crippen molar-refractivity contribution in [3.63, 3.8) is 0 Å². The van der Waals surface area contributed by atoms with Crippen LogP contribution >= 0.6 is 0 Å². The lowest BCUT2D eigenvalue weighted by Gasteiger charge is -2.13. The van der Waals surface area contributed by atoms with Gasteiger partial charge in [-0.2, -0.15) is 0 Å². The van der Waals surface area contributed by atoms with Crippen molar-refractivity contribution in [2.24, 2.45) is 5.73 Å². The van der Waals surface area contributed by atoms with Crippen molar-refractivity contribution in [2.75, 3.05) is 13.7 Å². The third kappa shape index (κ3) is 3.64. The van der Waals surface area contributed by atoms with Crippen LogP contribution in [0.5, 0.6) is 0 Å². The van der Waals surface area contributed by atoms with Crippen molar-refractivity contribution in [1.29, 1.82) is 0 Å². The van der Waals surface area contributed by atoms with E-state index in [2.05, 4.69) is 22.0 Å². The lowest BCUT2D eigenvalue weighted by Crippen LogP contribution is -2.39. The Morgan fingerprint density at radius 3 is 2.95 bits per heavy atom. The molecule has 1 aromatic heterocycles. The van der Waals surface area contributed by atoms with Gasteiger partial charge in [-0.3, -0.25) is 0 Å². The number of fused-ring (bicyclic) bond motifs is 1. The lowest BCUT2D eigenvalue weighted by atomic mass is 10.1. The second-order valence-electron chi connectivity index (χ2n) is 5.30. The summed E-state index contributed by atoms with van der Waals surface area (Å²) in [7, 11) is 1.27. The Bertz CT molecular complexity index is 654. The molecule has 1 aromatic carbocycles. The molecule has 4 N–H and O–H groups in total. The van der Waals surface area contributed by atoms with Gasteiger partial charge < -0.3 is 20.8 Å². The zero-order chi connectivity index (χ0) is 16.1. The highest BCUT2D eigenvalue weighted by Crippen LogP contribution is 2.24. The van der Waals surface area contributed by atoms with E-state index in [0.717, 1.165) is 24.9 Å². The summed E-state index contributed by atoms with van der Waals surface area (Å²) in [6.45, 7) is 2.96. The number of benzene rings is 1. The van der Waals surface area contributed by atoms with Gasteiger partial charge in [0.2, 0.25) is 0 Å². The number of H-pyrrole nitrogens is 1. The number of nitrogens with one attached hydrogen (secondary N) is 2. The van der Waals surface area contributed by atoms with Gasteiger partial charge in [0.1, 0.15) is 5.82 Å². The van der Waals surface area contributed by atoms with E-state index in [4.69, 9.17) is 5.73 Å². The fourth-order valence-corrected chi connectivity index (χ4v) is 2.42. The van der Waals surface area contributed by atoms with E-state index < -0.39 is 11.8 Å². The largest absolute Gasteiger partial charge is 0.465 e. The van der Waals surface area contributed by atoms with Crippen LogP contribution in [0.3, 0.4) is 0 Å². The van der Waals surface area contributed by atoms with E-state index in [1.54, 1.807) is 12.3 Å². The molecule has 0 unspecified atom stereocenters. The molecule has 120 valence electrons. The summed E-state index contributed by atoms with van der Waals surface area (Å²) in [5.74, 6) is -1.03. The van der Waals surface area contributed by atoms with E-state index >= 15 is 0 Å². The summed E-state index contributed by atoms with van der Waals surface area (Å²) < 4.78 is 18.7. The van der Waals surface area contributed by atoms with Gasteiger partial charge in [-0.15, -0.1) is 0 Å². The monoisotopic (exact) mass is 307 g/mol. The van der Waals surface area contributed by atoms with Crippen LogP contribution < -0.4 is 11.1 Å². The highest BCUT2D eigenvalue weighted by atomic mass is 19.1. The predicted octanol–water partition coefficient (Wildman–Crippen LogP) is 2.31. The zero-order valence-corrected chi connectivity index (χ0v) is 12.9. The molecule has 2 rings (SSSR count). The molecule has 0 amide bonds. The van der Waals surface area contributed by atoms with Crippen molar-refractivity contribution >= 4 is 16.9 Å². The molecule has 0 saturated heterocycles. The molecule has 0 radical (unpaired) electrons. The molecular formula is C16H22FN3O2. The number of methoxy groups -OCH3 is 1. The third-order valence-electron chi connectivity index (χ3n) is 3.62. The Kier molecular flexibility index (Phi) is 5.51. The van der Waals surface area contributed by atoms with Crippen LogP contribution in [-0.2, 0) is 11.2 Å². The number of ether oxygens (including phenoxy) is 1. The molecule has 0 saturated carbocycles. The number of rotatable bonds is 7. The number of carbonyl (C=O) groups excluding carboxylic acids is 1. The molecule has 0 aliphatic carbocycles. The molecule has 0 fully saturated rings. The highest BCUT2D eigenvalue weighted by Gasteiger charge is 2.15. The second-order valence-corrected chi connectivity index (χ2v) is 5.30. The molecule has 6 heteroatoms. The molecule has 0 aliphatic rings. The van der Waals surface area contributed by atoms with Crippen molar-refractivity contribution in [1.82, 2.24) is 10.3 Å². The van der Waals surface area contributed by atoms with Crippen LogP contribution in [0.2, 0.25) is 0 Å². The van der Waals surface area contributed by atoms with E-state index in [-0.39, 0.29) is 11.7 Å². The average molecular weight is 307 g/mol. The fourth-order valence-electron chi connectivity index (χ4n) is 2.42. The normalized spacial score (nSPS) is 12.5. The summed E-state index contributed by atoms with van der Waals surface area (Å²) in [5.41, 5.74) is 7.49. The Hall–Kier alpha value is -1.92. The molecule has 2 aromatic rings. The maximum atomic E-state index is 14.1. The van der Waals surface area contributed by atoms with Gasteiger partial charge in [-0.25, -0.2) is 9.18 Å². The van der Waals surface area contributed by atoms with Crippen molar-refractivity contribution in [3.8, 4) is 0 Å². The van der Waals surface area contributed by atoms with Crippen LogP contribution in [0.15, 0.2) is 18.3 Å². The van der Waals surface area contributed by atoms with Crippen molar-refractivity contribution in [3.05, 3.63) is 35.3 Å². The first-order valence-electron chi connectivity index (χ1n) is 7.43. The number of esters is 1. The number of aromatic amines is 1. The predicted molar refractivity (Wildman–Crippen MR) is 84.2 cm³/mol. The Balaban J connectivity index is 2.23. The van der Waals surface area contributed by atoms with Crippen LogP contribution in [0.1, 0.15) is 35.7 Å². The zero-order valence-electron chi connectivity index (χ0n) is 12.9. The number of nitrogens with two attached hydrogens (primary N) is 1. The standard InChI is InChI=1S/C16H22FN3O2/c1-3-4-5-19-14(18)8-11-9-20-15-12(11)6-10(7-13(15)17)16(21)22-2/h6-7,9,14,19-20H,3-5,8,18H2,1-2H3/t14-/m0/s1. The van der Waals surface area contributed by atoms with Gasteiger partial charge in [-0.1, -0.05) is 13.3 Å². The van der Waals surface area contributed by atoms with Crippen LogP contribution in [-0.4, -0.2) is 30.8 Å². The van der Waals surface area contributed by atoms with E-state index in [1.807, 2.05) is 0 Å². The molecule has 22 heavy (non-hydrogen) atoms. The van der Waals surface area contributed by atoms with Gasteiger partial charge >= 0.3 is 5.97 Å². The first kappa shape index (κ1) is 16.5. The number of hydrogen-bond acceptors (Lipinski definition) is 4. The van der Waals surface area contributed by atoms with Crippen molar-refractivity contribution < 1.29 is 13.9 Å². The minimum atomic E-state index is -0.557. The summed E-state index contributed by atoms with van der Waals surface area (Å²) >= 11 is 0. The van der Waals surface area contributed by atoms with Crippen LogP contribution in [0, 0.1) is 5.82 Å². The number of unbranched alkanes of at least 4 members (excludes halogenated alkanes) is 1. The minimum absolute atomic E-state index is 0.195. The minimum Gasteiger partial charge on any atom is -0.465 e. The number of carbonyl (C=O) groups is 1. The Morgan fingerprint density at radius 1 is 1.50 bits per heavy atom. The van der Waals surface area contributed by atoms with E-state index in [0.29, 0.717) is 17.3 Å². The maximum Gasteiger partial charge on any atom is 0.337 e. The quantitative estimate of drug-likeness (QED) is 0.416. The molecule has 0 aliphatic heterocycles. The first-order valence-corrected chi connectivity index (χ1v) is 7.43. The molecule has 5 nitrogen and oxygen atoms in total. The molecule has 1 atom stereocenters. The van der Waals surface area contributed by atoms with E-state index in [1.165, 1.54) is 13.2 Å². The summed E-state index contributed by atoms with van der Waals surface area (Å²) in [6, 6.07) is 2.81. The summed E-state index contributed by atoms with van der Waals surface area (Å²) in [6.07, 6.45) is 4.23. The topological polar surface area (TPSA) is 80.1 Å². The number of halogens is 1. The van der Waals surface area contributed by atoms with Crippen LogP contribution in [0.4, 0.5) is 4.39 Å². The van der Waals surface area contributed by atoms with Gasteiger partial charge in [0.25, 0.3) is 0 Å². The van der Waals surface area contributed by atoms with Gasteiger partial charge in [-0.05, 0) is 30.7 Å². The fraction of sp³-hybridized carbons (Fsp3) is 0.438. The lowest BCUT2D eigenvalue weighted by molar-refractivity contribution is 0.0600. The average Bonchev–Trinajstić information content (AvgIpc) is 2.90. The van der Waals surface area contributed by atoms with Crippen molar-refractivity contribution in [2.45, 2.75) is 32.4 Å². The summed E-state index contributed by atoms with van der Waals surface area (Å²) in [5, 5.41) is 3.89. The molecule has 1 heterocycles. The Labute approximate surface area is 129 Å². The van der Waals surface area contributed by atoms with E-state index in [9.17, 15) is 9.18 Å². The molecular weight excluding hydrogens is 285 g/mol. The second kappa shape index (κ2) is 7.38. The van der Waals surface area contributed by atoms with Gasteiger partial charge in [0, 0.05) is 18.0 Å². The molecule has 0 bridgehead atoms. The Morgan fingerprint density at radius 2 is 2.27 bits per heavy atom.